The Bertz CT molecular complexity index is 359. The Morgan fingerprint density at radius 2 is 1.89 bits per heavy atom. The molecule has 0 saturated carbocycles. The fourth-order valence-electron chi connectivity index (χ4n) is 2.07. The van der Waals surface area contributed by atoms with Crippen molar-refractivity contribution in [1.82, 2.24) is 4.90 Å². The molecule has 0 radical (unpaired) electrons. The summed E-state index contributed by atoms with van der Waals surface area (Å²) in [4.78, 5) is 2.22. The second kappa shape index (κ2) is 6.53. The molecule has 2 N–H and O–H groups in total. The van der Waals surface area contributed by atoms with Crippen LogP contribution in [0, 0.1) is 0 Å². The van der Waals surface area contributed by atoms with E-state index in [1.54, 1.807) is 7.11 Å². The van der Waals surface area contributed by atoms with Crippen molar-refractivity contribution in [2.45, 2.75) is 25.4 Å². The van der Waals surface area contributed by atoms with Gasteiger partial charge in [-0.05, 0) is 38.6 Å². The summed E-state index contributed by atoms with van der Waals surface area (Å²) in [5.74, 6) is 0. The van der Waals surface area contributed by atoms with Crippen molar-refractivity contribution in [3.05, 3.63) is 34.9 Å². The lowest BCUT2D eigenvalue weighted by atomic mass is 10.0. The number of nitrogens with zero attached hydrogens (tertiary/aromatic N) is 1. The topological polar surface area (TPSA) is 38.5 Å². The van der Waals surface area contributed by atoms with E-state index in [0.29, 0.717) is 6.61 Å². The Morgan fingerprint density at radius 1 is 1.33 bits per heavy atom. The van der Waals surface area contributed by atoms with E-state index in [2.05, 4.69) is 11.9 Å². The molecule has 1 unspecified atom stereocenters. The fraction of sp³-hybridized carbons (Fsp3) is 0.571. The second-order valence-electron chi connectivity index (χ2n) is 5.43. The van der Waals surface area contributed by atoms with Gasteiger partial charge in [-0.2, -0.15) is 0 Å². The van der Waals surface area contributed by atoms with E-state index in [4.69, 9.17) is 22.1 Å². The summed E-state index contributed by atoms with van der Waals surface area (Å²) in [5.41, 5.74) is 7.03. The van der Waals surface area contributed by atoms with E-state index < -0.39 is 0 Å². The van der Waals surface area contributed by atoms with Gasteiger partial charge in [0.1, 0.15) is 0 Å². The molecular weight excluding hydrogens is 248 g/mol. The highest BCUT2D eigenvalue weighted by Gasteiger charge is 2.22. The van der Waals surface area contributed by atoms with Crippen LogP contribution in [0.15, 0.2) is 24.3 Å². The average molecular weight is 271 g/mol. The summed E-state index contributed by atoms with van der Waals surface area (Å²) in [7, 11) is 3.78. The molecule has 102 valence electrons. The van der Waals surface area contributed by atoms with Crippen molar-refractivity contribution in [2.24, 2.45) is 5.73 Å². The van der Waals surface area contributed by atoms with Crippen molar-refractivity contribution in [1.29, 1.82) is 0 Å². The highest BCUT2D eigenvalue weighted by atomic mass is 35.5. The minimum absolute atomic E-state index is 0.190. The Hall–Kier alpha value is -0.610. The van der Waals surface area contributed by atoms with Gasteiger partial charge >= 0.3 is 0 Å². The lowest BCUT2D eigenvalue weighted by Crippen LogP contribution is -2.45. The molecule has 4 heteroatoms. The smallest absolute Gasteiger partial charge is 0.0659 e. The maximum absolute atomic E-state index is 6.07. The van der Waals surface area contributed by atoms with E-state index in [-0.39, 0.29) is 11.6 Å². The molecule has 0 fully saturated rings. The first-order valence-electron chi connectivity index (χ1n) is 6.07. The van der Waals surface area contributed by atoms with E-state index in [1.165, 1.54) is 5.56 Å². The number of halogens is 1. The highest BCUT2D eigenvalue weighted by molar-refractivity contribution is 6.30. The molecular formula is C14H23ClN2O. The molecule has 1 atom stereocenters. The van der Waals surface area contributed by atoms with Gasteiger partial charge < -0.3 is 10.5 Å². The van der Waals surface area contributed by atoms with Crippen LogP contribution in [0.3, 0.4) is 0 Å². The van der Waals surface area contributed by atoms with E-state index in [9.17, 15) is 0 Å². The molecule has 0 bridgehead atoms. The first kappa shape index (κ1) is 15.4. The van der Waals surface area contributed by atoms with E-state index >= 15 is 0 Å². The predicted octanol–water partition coefficient (Wildman–Crippen LogP) is 2.70. The van der Waals surface area contributed by atoms with Crippen molar-refractivity contribution >= 4 is 11.6 Å². The maximum Gasteiger partial charge on any atom is 0.0659 e. The number of hydrogen-bond acceptors (Lipinski definition) is 3. The van der Waals surface area contributed by atoms with Crippen molar-refractivity contribution in [2.75, 3.05) is 27.3 Å². The standard InChI is InChI=1S/C14H23ClN2O/c1-14(2,16)10-17(3)13(9-18-4)11-5-7-12(15)8-6-11/h5-8,13H,9-10,16H2,1-4H3. The van der Waals surface area contributed by atoms with Gasteiger partial charge in [-0.15, -0.1) is 0 Å². The van der Waals surface area contributed by atoms with Gasteiger partial charge in [-0.25, -0.2) is 0 Å². The van der Waals surface area contributed by atoms with Crippen molar-refractivity contribution in [3.8, 4) is 0 Å². The monoisotopic (exact) mass is 270 g/mol. The normalized spacial score (nSPS) is 13.9. The average Bonchev–Trinajstić information content (AvgIpc) is 2.25. The Labute approximate surface area is 115 Å². The number of likely N-dealkylation sites (N-methyl/N-ethyl adjacent to an activating group) is 1. The molecule has 0 aliphatic rings. The number of ether oxygens (including phenoxy) is 1. The van der Waals surface area contributed by atoms with Crippen LogP contribution in [0.25, 0.3) is 0 Å². The summed E-state index contributed by atoms with van der Waals surface area (Å²) in [6.07, 6.45) is 0. The van der Waals surface area contributed by atoms with Crippen LogP contribution in [-0.2, 0) is 4.74 Å². The molecule has 1 aromatic carbocycles. The predicted molar refractivity (Wildman–Crippen MR) is 77.0 cm³/mol. The maximum atomic E-state index is 6.07. The molecule has 0 heterocycles. The molecule has 18 heavy (non-hydrogen) atoms. The number of benzene rings is 1. The Balaban J connectivity index is 2.84. The SMILES string of the molecule is COCC(c1ccc(Cl)cc1)N(C)CC(C)(C)N. The third kappa shape index (κ3) is 4.94. The molecule has 0 aromatic heterocycles. The summed E-state index contributed by atoms with van der Waals surface area (Å²) in [6.45, 7) is 5.47. The Kier molecular flexibility index (Phi) is 5.60. The Morgan fingerprint density at radius 3 is 2.33 bits per heavy atom. The van der Waals surface area contributed by atoms with Gasteiger partial charge in [0, 0.05) is 24.2 Å². The summed E-state index contributed by atoms with van der Waals surface area (Å²) < 4.78 is 5.31. The quantitative estimate of drug-likeness (QED) is 0.864. The number of nitrogens with two attached hydrogens (primary N) is 1. The molecule has 1 rings (SSSR count). The zero-order valence-corrected chi connectivity index (χ0v) is 12.4. The van der Waals surface area contributed by atoms with Gasteiger partial charge in [-0.3, -0.25) is 4.90 Å². The van der Waals surface area contributed by atoms with E-state index in [1.807, 2.05) is 38.1 Å². The van der Waals surface area contributed by atoms with Gasteiger partial charge in [0.15, 0.2) is 0 Å². The van der Waals surface area contributed by atoms with Gasteiger partial charge in [0.25, 0.3) is 0 Å². The van der Waals surface area contributed by atoms with Crippen LogP contribution in [0.4, 0.5) is 0 Å². The minimum Gasteiger partial charge on any atom is -0.383 e. The highest BCUT2D eigenvalue weighted by Crippen LogP contribution is 2.22. The molecule has 0 aliphatic heterocycles. The number of rotatable bonds is 6. The molecule has 0 spiro atoms. The lowest BCUT2D eigenvalue weighted by molar-refractivity contribution is 0.0954. The zero-order valence-electron chi connectivity index (χ0n) is 11.6. The van der Waals surface area contributed by atoms with Crippen LogP contribution in [0.2, 0.25) is 5.02 Å². The van der Waals surface area contributed by atoms with Gasteiger partial charge in [-0.1, -0.05) is 23.7 Å². The lowest BCUT2D eigenvalue weighted by Gasteiger charge is -2.33. The van der Waals surface area contributed by atoms with Crippen LogP contribution < -0.4 is 5.73 Å². The third-order valence-electron chi connectivity index (χ3n) is 2.77. The zero-order chi connectivity index (χ0) is 13.8. The summed E-state index contributed by atoms with van der Waals surface area (Å²) >= 11 is 5.91. The van der Waals surface area contributed by atoms with E-state index in [0.717, 1.165) is 11.6 Å². The fourth-order valence-corrected chi connectivity index (χ4v) is 2.20. The summed E-state index contributed by atoms with van der Waals surface area (Å²) in [6, 6.07) is 8.06. The molecule has 0 saturated heterocycles. The van der Waals surface area contributed by atoms with Crippen molar-refractivity contribution < 1.29 is 4.74 Å². The number of hydrogen-bond donors (Lipinski definition) is 1. The van der Waals surface area contributed by atoms with Crippen LogP contribution in [0.1, 0.15) is 25.5 Å². The molecule has 3 nitrogen and oxygen atoms in total. The molecule has 0 aliphatic carbocycles. The first-order valence-corrected chi connectivity index (χ1v) is 6.45. The van der Waals surface area contributed by atoms with Crippen LogP contribution in [0.5, 0.6) is 0 Å². The molecule has 1 aromatic rings. The number of methoxy groups -OCH3 is 1. The summed E-state index contributed by atoms with van der Waals surface area (Å²) in [5, 5.41) is 0.747. The van der Waals surface area contributed by atoms with Gasteiger partial charge in [0.05, 0.1) is 12.6 Å². The molecule has 0 amide bonds. The largest absolute Gasteiger partial charge is 0.383 e. The first-order chi connectivity index (χ1) is 8.33. The van der Waals surface area contributed by atoms with Crippen LogP contribution >= 0.6 is 11.6 Å². The van der Waals surface area contributed by atoms with Crippen molar-refractivity contribution in [3.63, 3.8) is 0 Å². The van der Waals surface area contributed by atoms with Crippen LogP contribution in [-0.4, -0.2) is 37.7 Å². The third-order valence-corrected chi connectivity index (χ3v) is 3.02. The minimum atomic E-state index is -0.229. The second-order valence-corrected chi connectivity index (χ2v) is 5.86. The van der Waals surface area contributed by atoms with Gasteiger partial charge in [0.2, 0.25) is 0 Å².